The van der Waals surface area contributed by atoms with Crippen molar-refractivity contribution in [2.24, 2.45) is 0 Å². The molecule has 1 N–H and O–H groups in total. The largest absolute Gasteiger partial charge is 0.361 e. The maximum Gasteiger partial charge on any atom is 0.146 e. The summed E-state index contributed by atoms with van der Waals surface area (Å²) >= 11 is 0. The second-order valence-corrected chi connectivity index (χ2v) is 5.33. The highest BCUT2D eigenvalue weighted by Crippen LogP contribution is 2.28. The number of hydrogen-bond acceptors (Lipinski definition) is 3. The zero-order valence-electron chi connectivity index (χ0n) is 11.4. The van der Waals surface area contributed by atoms with Crippen LogP contribution in [0, 0.1) is 6.92 Å². The quantitative estimate of drug-likeness (QED) is 0.915. The molecule has 0 spiro atoms. The molecule has 1 aromatic carbocycles. The average Bonchev–Trinajstić information content (AvgIpc) is 2.88. The summed E-state index contributed by atoms with van der Waals surface area (Å²) in [6.45, 7) is 3.25. The third-order valence-electron chi connectivity index (χ3n) is 3.92. The van der Waals surface area contributed by atoms with Crippen LogP contribution < -0.4 is 5.32 Å². The number of rotatable bonds is 3. The molecule has 3 nitrogen and oxygen atoms in total. The number of nitrogens with zero attached hydrogens (tertiary/aromatic N) is 1. The van der Waals surface area contributed by atoms with E-state index in [0.717, 1.165) is 24.3 Å². The van der Waals surface area contributed by atoms with E-state index in [9.17, 15) is 0 Å². The van der Waals surface area contributed by atoms with Crippen LogP contribution in [0.5, 0.6) is 0 Å². The molecule has 100 valence electrons. The van der Waals surface area contributed by atoms with E-state index in [-0.39, 0.29) is 0 Å². The van der Waals surface area contributed by atoms with Crippen molar-refractivity contribution in [2.45, 2.75) is 38.6 Å². The minimum absolute atomic E-state index is 0.532. The lowest BCUT2D eigenvalue weighted by Gasteiger charge is -2.22. The zero-order chi connectivity index (χ0) is 13.1. The molecule has 1 fully saturated rings. The van der Waals surface area contributed by atoms with Crippen LogP contribution in [0.4, 0.5) is 0 Å². The summed E-state index contributed by atoms with van der Waals surface area (Å²) in [5.74, 6) is 1.01. The van der Waals surface area contributed by atoms with Gasteiger partial charge in [0.2, 0.25) is 0 Å². The first-order chi connectivity index (χ1) is 9.34. The first-order valence-electron chi connectivity index (χ1n) is 7.07. The third-order valence-corrected chi connectivity index (χ3v) is 3.92. The molecule has 3 rings (SSSR count). The molecule has 0 saturated carbocycles. The van der Waals surface area contributed by atoms with Crippen molar-refractivity contribution in [3.63, 3.8) is 0 Å². The Morgan fingerprint density at radius 1 is 1.26 bits per heavy atom. The topological polar surface area (TPSA) is 38.1 Å². The molecule has 19 heavy (non-hydrogen) atoms. The van der Waals surface area contributed by atoms with Gasteiger partial charge in [-0.15, -0.1) is 0 Å². The molecule has 0 aliphatic carbocycles. The van der Waals surface area contributed by atoms with Gasteiger partial charge >= 0.3 is 0 Å². The number of piperidine rings is 1. The Labute approximate surface area is 114 Å². The highest BCUT2D eigenvalue weighted by Gasteiger charge is 2.19. The van der Waals surface area contributed by atoms with Gasteiger partial charge in [0, 0.05) is 18.0 Å². The maximum absolute atomic E-state index is 5.49. The summed E-state index contributed by atoms with van der Waals surface area (Å²) in [5, 5.41) is 7.57. The highest BCUT2D eigenvalue weighted by atomic mass is 16.5. The van der Waals surface area contributed by atoms with Gasteiger partial charge in [0.05, 0.1) is 6.20 Å². The molecular weight excluding hydrogens is 236 g/mol. The average molecular weight is 256 g/mol. The molecule has 2 aromatic rings. The summed E-state index contributed by atoms with van der Waals surface area (Å²) < 4.78 is 5.49. The van der Waals surface area contributed by atoms with E-state index in [1.165, 1.54) is 30.4 Å². The molecule has 1 unspecified atom stereocenters. The van der Waals surface area contributed by atoms with Crippen molar-refractivity contribution in [1.82, 2.24) is 10.5 Å². The van der Waals surface area contributed by atoms with Gasteiger partial charge in [-0.2, -0.15) is 0 Å². The van der Waals surface area contributed by atoms with Gasteiger partial charge in [-0.05, 0) is 37.4 Å². The van der Waals surface area contributed by atoms with Crippen LogP contribution in [0.15, 0.2) is 35.0 Å². The molecule has 1 aliphatic heterocycles. The summed E-state index contributed by atoms with van der Waals surface area (Å²) in [5.41, 5.74) is 3.64. The van der Waals surface area contributed by atoms with Gasteiger partial charge < -0.3 is 9.84 Å². The SMILES string of the molecule is Cc1ccccc1-c1cnoc1CC1CCCCN1. The van der Waals surface area contributed by atoms with Gasteiger partial charge in [0.15, 0.2) is 0 Å². The predicted molar refractivity (Wildman–Crippen MR) is 76.0 cm³/mol. The lowest BCUT2D eigenvalue weighted by molar-refractivity contribution is 0.337. The van der Waals surface area contributed by atoms with Crippen LogP contribution in [0.25, 0.3) is 11.1 Å². The van der Waals surface area contributed by atoms with Crippen LogP contribution >= 0.6 is 0 Å². The second kappa shape index (κ2) is 5.57. The fourth-order valence-electron chi connectivity index (χ4n) is 2.83. The molecule has 1 atom stereocenters. The summed E-state index contributed by atoms with van der Waals surface area (Å²) in [6.07, 6.45) is 6.61. The molecule has 0 bridgehead atoms. The molecule has 1 saturated heterocycles. The van der Waals surface area contributed by atoms with Crippen molar-refractivity contribution in [1.29, 1.82) is 0 Å². The Kier molecular flexibility index (Phi) is 3.65. The van der Waals surface area contributed by atoms with Crippen molar-refractivity contribution in [3.05, 3.63) is 41.8 Å². The van der Waals surface area contributed by atoms with E-state index in [0.29, 0.717) is 6.04 Å². The van der Waals surface area contributed by atoms with E-state index in [1.54, 1.807) is 0 Å². The molecule has 3 heteroatoms. The Hall–Kier alpha value is -1.61. The van der Waals surface area contributed by atoms with Crippen LogP contribution in [-0.2, 0) is 6.42 Å². The van der Waals surface area contributed by atoms with E-state index in [1.807, 2.05) is 6.20 Å². The monoisotopic (exact) mass is 256 g/mol. The minimum Gasteiger partial charge on any atom is -0.361 e. The van der Waals surface area contributed by atoms with Crippen LogP contribution in [0.3, 0.4) is 0 Å². The van der Waals surface area contributed by atoms with Crippen LogP contribution in [0.2, 0.25) is 0 Å². The minimum atomic E-state index is 0.532. The van der Waals surface area contributed by atoms with Gasteiger partial charge in [0.1, 0.15) is 5.76 Å². The van der Waals surface area contributed by atoms with Crippen LogP contribution in [0.1, 0.15) is 30.6 Å². The molecule has 2 heterocycles. The lowest BCUT2D eigenvalue weighted by Crippen LogP contribution is -2.35. The molecule has 0 radical (unpaired) electrons. The van der Waals surface area contributed by atoms with Crippen molar-refractivity contribution < 1.29 is 4.52 Å². The summed E-state index contributed by atoms with van der Waals surface area (Å²) in [4.78, 5) is 0. The number of benzene rings is 1. The maximum atomic E-state index is 5.49. The predicted octanol–water partition coefficient (Wildman–Crippen LogP) is 3.33. The number of nitrogens with one attached hydrogen (secondary N) is 1. The summed E-state index contributed by atoms with van der Waals surface area (Å²) in [7, 11) is 0. The summed E-state index contributed by atoms with van der Waals surface area (Å²) in [6, 6.07) is 8.93. The van der Waals surface area contributed by atoms with Gasteiger partial charge in [-0.1, -0.05) is 35.8 Å². The first-order valence-corrected chi connectivity index (χ1v) is 7.07. The van der Waals surface area contributed by atoms with E-state index >= 15 is 0 Å². The van der Waals surface area contributed by atoms with Crippen LogP contribution in [-0.4, -0.2) is 17.7 Å². The smallest absolute Gasteiger partial charge is 0.146 e. The molecule has 1 aromatic heterocycles. The number of hydrogen-bond donors (Lipinski definition) is 1. The molecular formula is C16H20N2O. The van der Waals surface area contributed by atoms with Gasteiger partial charge in [0.25, 0.3) is 0 Å². The second-order valence-electron chi connectivity index (χ2n) is 5.33. The fraction of sp³-hybridized carbons (Fsp3) is 0.438. The number of aromatic nitrogens is 1. The Bertz CT molecular complexity index is 541. The first kappa shape index (κ1) is 12.4. The Morgan fingerprint density at radius 3 is 2.95 bits per heavy atom. The lowest BCUT2D eigenvalue weighted by atomic mass is 9.96. The van der Waals surface area contributed by atoms with E-state index in [4.69, 9.17) is 4.52 Å². The fourth-order valence-corrected chi connectivity index (χ4v) is 2.83. The Morgan fingerprint density at radius 2 is 2.16 bits per heavy atom. The van der Waals surface area contributed by atoms with Crippen molar-refractivity contribution in [3.8, 4) is 11.1 Å². The molecule has 0 amide bonds. The van der Waals surface area contributed by atoms with E-state index < -0.39 is 0 Å². The standard InChI is InChI=1S/C16H20N2O/c1-12-6-2-3-8-14(12)15-11-18-19-16(15)10-13-7-4-5-9-17-13/h2-3,6,8,11,13,17H,4-5,7,9-10H2,1H3. The number of aryl methyl sites for hydroxylation is 1. The Balaban J connectivity index is 1.84. The normalized spacial score (nSPS) is 19.5. The van der Waals surface area contributed by atoms with E-state index in [2.05, 4.69) is 41.7 Å². The van der Waals surface area contributed by atoms with Gasteiger partial charge in [-0.25, -0.2) is 0 Å². The van der Waals surface area contributed by atoms with Crippen molar-refractivity contribution >= 4 is 0 Å². The molecule has 1 aliphatic rings. The third kappa shape index (κ3) is 2.71. The van der Waals surface area contributed by atoms with Crippen molar-refractivity contribution in [2.75, 3.05) is 6.54 Å². The van der Waals surface area contributed by atoms with Gasteiger partial charge in [-0.3, -0.25) is 0 Å². The zero-order valence-corrected chi connectivity index (χ0v) is 11.4. The highest BCUT2D eigenvalue weighted by molar-refractivity contribution is 5.68.